The molecule has 0 unspecified atom stereocenters. The molecule has 0 N–H and O–H groups in total. The van der Waals surface area contributed by atoms with Crippen LogP contribution in [0.1, 0.15) is 91.1 Å². The minimum Gasteiger partial charge on any atom is -0.509 e. The Labute approximate surface area is 449 Å². The van der Waals surface area contributed by atoms with E-state index in [1.54, 1.807) is 12.4 Å². The largest absolute Gasteiger partial charge is 0.509 e. The van der Waals surface area contributed by atoms with Crippen molar-refractivity contribution in [3.63, 3.8) is 0 Å². The van der Waals surface area contributed by atoms with Gasteiger partial charge in [-0.15, -0.1) is 35.7 Å². The third kappa shape index (κ3) is 7.97. The van der Waals surface area contributed by atoms with Gasteiger partial charge in [-0.2, -0.15) is 12.1 Å². The summed E-state index contributed by atoms with van der Waals surface area (Å²) in [6, 6.07) is 56.6. The second kappa shape index (κ2) is 17.4. The second-order valence-electron chi connectivity index (χ2n) is 20.6. The molecule has 1 aliphatic heterocycles. The second-order valence-corrected chi connectivity index (χ2v) is 20.6. The summed E-state index contributed by atoms with van der Waals surface area (Å²) in [5.74, 6) is 1.70. The van der Waals surface area contributed by atoms with Crippen molar-refractivity contribution < 1.29 is 38.1 Å². The Morgan fingerprint density at radius 3 is 1.88 bits per heavy atom. The molecule has 0 aliphatic carbocycles. The first-order chi connectivity index (χ1) is 37.8. The smallest absolute Gasteiger partial charge is 0.135 e. The van der Waals surface area contributed by atoms with Gasteiger partial charge in [-0.25, -0.2) is 4.98 Å². The SMILES string of the molecule is [2H]C([2H])([2H])C(c1cc(-c2cncc3c4ccccc4c4ccccc4c4cccc5c4n(c23)[CH-]N5c2[c-]c(Oc3[c-]c4c(cc3)c3ccccc3n4-c3cc(C(C)(C)C)ccn3)ccc2)cc(C(C)(C)C)c1)(C([2H])([2H])[2H])C([2H])([2H])[2H].[Pt]. The van der Waals surface area contributed by atoms with Crippen molar-refractivity contribution >= 4 is 76.5 Å². The number of fused-ring (bicyclic) bond motifs is 10. The third-order valence-corrected chi connectivity index (χ3v) is 13.8. The Morgan fingerprint density at radius 2 is 1.17 bits per heavy atom. The molecule has 6 nitrogen and oxygen atoms in total. The zero-order valence-electron chi connectivity index (χ0n) is 49.7. The predicted molar refractivity (Wildman–Crippen MR) is 296 cm³/mol. The topological polar surface area (TPSA) is 48.1 Å². The molecule has 0 atom stereocenters. The summed E-state index contributed by atoms with van der Waals surface area (Å²) in [6.45, 7) is 3.86. The summed E-state index contributed by atoms with van der Waals surface area (Å²) >= 11 is 0. The van der Waals surface area contributed by atoms with Crippen LogP contribution in [0.4, 0.5) is 11.4 Å². The molecule has 0 saturated heterocycles. The molecule has 360 valence electrons. The van der Waals surface area contributed by atoms with Crippen molar-refractivity contribution in [1.82, 2.24) is 19.1 Å². The molecule has 4 aromatic heterocycles. The first-order valence-electron chi connectivity index (χ1n) is 28.4. The van der Waals surface area contributed by atoms with E-state index in [4.69, 9.17) is 27.0 Å². The van der Waals surface area contributed by atoms with E-state index in [-0.39, 0.29) is 32.0 Å². The summed E-state index contributed by atoms with van der Waals surface area (Å²) < 4.78 is 89.9. The number of para-hydroxylation sites is 2. The standard InChI is InChI=1S/C65H56N5O.Pt/c1-63(2,3)42-30-31-67-60(35-42)70-57-26-15-14-24-52(57)53-29-28-47(37-59(53)70)71-46-19-16-18-45(36-46)68-40-69-61-55(41-32-43(64(4,5)6)34-44(33-41)65(7,8)9)38-66-39-56(61)51-23-13-11-21-49(51)48-20-10-12-22-50(48)54-25-17-27-58(68)62(54)69;/h10-35,38-40H,1-9H3;/q-3;/i4D3,5D3,6D3;. The van der Waals surface area contributed by atoms with E-state index in [0.29, 0.717) is 39.4 Å². The van der Waals surface area contributed by atoms with Crippen molar-refractivity contribution in [3.05, 3.63) is 206 Å². The Bertz CT molecular complexity index is 4350. The fourth-order valence-corrected chi connectivity index (χ4v) is 10.2. The summed E-state index contributed by atoms with van der Waals surface area (Å²) in [6.07, 6.45) is 5.34. The van der Waals surface area contributed by atoms with Crippen LogP contribution in [0.2, 0.25) is 0 Å². The van der Waals surface area contributed by atoms with Crippen molar-refractivity contribution in [2.75, 3.05) is 4.90 Å². The number of benzene rings is 7. The molecule has 0 radical (unpaired) electrons. The van der Waals surface area contributed by atoms with Crippen molar-refractivity contribution in [2.24, 2.45) is 0 Å². The summed E-state index contributed by atoms with van der Waals surface area (Å²) in [5.41, 5.74) is 2.94. The first kappa shape index (κ1) is 37.4. The van der Waals surface area contributed by atoms with Crippen molar-refractivity contribution in [2.45, 2.75) is 78.3 Å². The van der Waals surface area contributed by atoms with E-state index >= 15 is 0 Å². The van der Waals surface area contributed by atoms with Crippen LogP contribution in [0.3, 0.4) is 0 Å². The number of ether oxygens (including phenoxy) is 1. The van der Waals surface area contributed by atoms with Gasteiger partial charge in [0.2, 0.25) is 0 Å². The van der Waals surface area contributed by atoms with Crippen LogP contribution < -0.4 is 9.64 Å². The van der Waals surface area contributed by atoms with Gasteiger partial charge in [0.05, 0.1) is 0 Å². The van der Waals surface area contributed by atoms with Gasteiger partial charge in [-0.3, -0.25) is 4.98 Å². The summed E-state index contributed by atoms with van der Waals surface area (Å²) in [4.78, 5) is 11.8. The molecule has 5 heterocycles. The summed E-state index contributed by atoms with van der Waals surface area (Å²) in [7, 11) is 0. The fraction of sp³-hybridized carbons (Fsp3) is 0.185. The number of hydrogen-bond acceptors (Lipinski definition) is 4. The molecule has 72 heavy (non-hydrogen) atoms. The minimum absolute atomic E-state index is 0. The average Bonchev–Trinajstić information content (AvgIpc) is 4.19. The Morgan fingerprint density at radius 1 is 0.542 bits per heavy atom. The number of aromatic nitrogens is 4. The molecule has 11 aromatic rings. The van der Waals surface area contributed by atoms with Crippen LogP contribution in [0.25, 0.3) is 82.1 Å². The van der Waals surface area contributed by atoms with E-state index in [0.717, 1.165) is 76.7 Å². The van der Waals surface area contributed by atoms with Crippen LogP contribution in [-0.2, 0) is 37.3 Å². The van der Waals surface area contributed by atoms with Gasteiger partial charge in [0.1, 0.15) is 5.82 Å². The molecule has 0 saturated carbocycles. The van der Waals surface area contributed by atoms with Crippen molar-refractivity contribution in [3.8, 4) is 28.4 Å². The van der Waals surface area contributed by atoms with Crippen LogP contribution >= 0.6 is 0 Å². The molecule has 7 aromatic carbocycles. The Balaban J connectivity index is 0.00000690. The average molecular weight is 1130 g/mol. The maximum Gasteiger partial charge on any atom is 0.135 e. The zero-order chi connectivity index (χ0) is 56.5. The van der Waals surface area contributed by atoms with E-state index in [2.05, 4.69) is 96.6 Å². The predicted octanol–water partition coefficient (Wildman–Crippen LogP) is 17.2. The van der Waals surface area contributed by atoms with E-state index in [9.17, 15) is 0 Å². The monoisotopic (exact) mass is 1130 g/mol. The maximum absolute atomic E-state index is 8.78. The van der Waals surface area contributed by atoms with E-state index < -0.39 is 31.4 Å². The molecular weight excluding hydrogens is 1060 g/mol. The van der Waals surface area contributed by atoms with E-state index in [1.165, 1.54) is 12.1 Å². The van der Waals surface area contributed by atoms with Crippen LogP contribution in [0, 0.1) is 18.8 Å². The Hall–Kier alpha value is -7.40. The van der Waals surface area contributed by atoms with Crippen LogP contribution in [0.15, 0.2) is 170 Å². The molecule has 0 spiro atoms. The maximum atomic E-state index is 8.78. The van der Waals surface area contributed by atoms with Gasteiger partial charge in [-0.1, -0.05) is 170 Å². The quantitative estimate of drug-likeness (QED) is 0.161. The van der Waals surface area contributed by atoms with Gasteiger partial charge in [0.15, 0.2) is 0 Å². The number of hydrogen-bond donors (Lipinski definition) is 0. The number of pyridine rings is 2. The van der Waals surface area contributed by atoms with Crippen molar-refractivity contribution in [1.29, 1.82) is 0 Å². The molecule has 12 rings (SSSR count). The zero-order valence-corrected chi connectivity index (χ0v) is 43.0. The third-order valence-electron chi connectivity index (χ3n) is 13.8. The number of anilines is 2. The van der Waals surface area contributed by atoms with Gasteiger partial charge in [-0.05, 0) is 124 Å². The molecule has 0 amide bonds. The molecule has 7 heteroatoms. The van der Waals surface area contributed by atoms with Gasteiger partial charge < -0.3 is 18.8 Å². The van der Waals surface area contributed by atoms with E-state index in [1.807, 2.05) is 123 Å². The van der Waals surface area contributed by atoms with Gasteiger partial charge in [0, 0.05) is 74.7 Å². The number of nitrogens with zero attached hydrogens (tertiary/aromatic N) is 5. The molecule has 0 fully saturated rings. The summed E-state index contributed by atoms with van der Waals surface area (Å²) in [5, 5.41) is 7.45. The van der Waals surface area contributed by atoms with Gasteiger partial charge >= 0.3 is 0 Å². The van der Waals surface area contributed by atoms with Crippen LogP contribution in [-0.4, -0.2) is 19.1 Å². The molecular formula is C65H56N5OPt-3. The normalized spacial score (nSPS) is 15.1. The minimum atomic E-state index is -3.49. The Kier molecular flexibility index (Phi) is 9.05. The van der Waals surface area contributed by atoms with Gasteiger partial charge in [0.25, 0.3) is 0 Å². The fourth-order valence-electron chi connectivity index (χ4n) is 10.2. The number of rotatable bonds is 5. The molecule has 1 aliphatic rings. The first-order valence-corrected chi connectivity index (χ1v) is 23.9. The van der Waals surface area contributed by atoms with Crippen LogP contribution in [0.5, 0.6) is 11.5 Å². The molecule has 0 bridgehead atoms.